The zero-order valence-corrected chi connectivity index (χ0v) is 43.5. The standard InChI is InChI=1S/C38H26Cl2N12O13S4.2O3S/c39-33-45-35(41-20-7-2-1-3-8-20)49-36(46-33)42-25-16-29(68(60,61)62)26(17-28(25)67(57,58)59)43-37-47-34(40)48-38(50-37)44-27-15-21(66(54,55)56)14-19-11-12-23(31(53)30(19)27)51-52-24-13-10-18-6-4-5-9-22(18)32(24)69(63,64)65;2*1-4(2)3/h1-17,53H,(H,54,55,56)(H,57,58,59)(H,60,61,62)(H,63,64,65)(H2,41,42,45,46,49)(H2,43,44,47,48,50);;. The van der Waals surface area contributed by atoms with Crippen molar-refractivity contribution >= 4 is 164 Å². The van der Waals surface area contributed by atoms with Crippen LogP contribution in [0.1, 0.15) is 0 Å². The number of azo groups is 1. The van der Waals surface area contributed by atoms with E-state index in [1.807, 2.05) is 0 Å². The summed E-state index contributed by atoms with van der Waals surface area (Å²) in [7, 11) is -26.6. The molecule has 0 aliphatic carbocycles. The van der Waals surface area contributed by atoms with Crippen molar-refractivity contribution in [2.75, 3.05) is 21.3 Å². The Morgan fingerprint density at radius 3 is 1.36 bits per heavy atom. The molecule has 6 aromatic carbocycles. The van der Waals surface area contributed by atoms with Crippen molar-refractivity contribution in [2.45, 2.75) is 19.6 Å². The van der Waals surface area contributed by atoms with Crippen LogP contribution in [0.4, 0.5) is 57.9 Å². The highest BCUT2D eigenvalue weighted by atomic mass is 35.5. The van der Waals surface area contributed by atoms with E-state index >= 15 is 0 Å². The van der Waals surface area contributed by atoms with Gasteiger partial charge in [0.05, 0.1) is 22.0 Å². The number of hydrogen-bond donors (Lipinski definition) is 9. The molecule has 39 heteroatoms. The van der Waals surface area contributed by atoms with Gasteiger partial charge in [-0.15, -0.1) is 35.5 Å². The van der Waals surface area contributed by atoms with E-state index in [1.165, 1.54) is 36.4 Å². The van der Waals surface area contributed by atoms with Gasteiger partial charge in [-0.1, -0.05) is 54.6 Å². The predicted molar refractivity (Wildman–Crippen MR) is 268 cm³/mol. The van der Waals surface area contributed by atoms with Gasteiger partial charge < -0.3 is 26.4 Å². The summed E-state index contributed by atoms with van der Waals surface area (Å²) in [5.74, 6) is -2.57. The van der Waals surface area contributed by atoms with Crippen molar-refractivity contribution in [2.24, 2.45) is 10.2 Å². The maximum absolute atomic E-state index is 12.8. The molecule has 8 rings (SSSR count). The fourth-order valence-electron chi connectivity index (χ4n) is 6.54. The summed E-state index contributed by atoms with van der Waals surface area (Å²) in [6.45, 7) is 0. The number of aromatic hydroxyl groups is 1. The van der Waals surface area contributed by atoms with Gasteiger partial charge in [0, 0.05) is 16.5 Å². The van der Waals surface area contributed by atoms with Gasteiger partial charge in [0.2, 0.25) is 34.4 Å². The molecule has 2 aromatic heterocycles. The van der Waals surface area contributed by atoms with Gasteiger partial charge in [0.15, 0.2) is 5.75 Å². The summed E-state index contributed by atoms with van der Waals surface area (Å²) < 4.78 is 192. The number of benzene rings is 6. The minimum atomic E-state index is -5.31. The maximum Gasteiger partial charge on any atom is 0.425 e. The molecule has 2 heterocycles. The number of para-hydroxylation sites is 1. The van der Waals surface area contributed by atoms with Crippen LogP contribution < -0.4 is 21.3 Å². The number of anilines is 8. The first-order valence-electron chi connectivity index (χ1n) is 19.7. The Hall–Kier alpha value is -8.08. The lowest BCUT2D eigenvalue weighted by atomic mass is 10.1. The van der Waals surface area contributed by atoms with Crippen molar-refractivity contribution < 1.29 is 82.2 Å². The highest BCUT2D eigenvalue weighted by Gasteiger charge is 2.27. The molecule has 0 spiro atoms. The average Bonchev–Trinajstić information content (AvgIpc) is 3.30. The minimum absolute atomic E-state index is 0.0562. The molecular formula is C38H26Cl2N12O19S6. The largest absolute Gasteiger partial charge is 0.505 e. The van der Waals surface area contributed by atoms with Crippen molar-refractivity contribution in [1.82, 2.24) is 29.9 Å². The van der Waals surface area contributed by atoms with Crippen LogP contribution in [0.15, 0.2) is 133 Å². The molecular weight excluding hydrogens is 1190 g/mol. The van der Waals surface area contributed by atoms with Gasteiger partial charge >= 0.3 is 21.2 Å². The third-order valence-corrected chi connectivity index (χ3v) is 13.2. The first-order chi connectivity index (χ1) is 35.9. The fourth-order valence-corrected chi connectivity index (χ4v) is 9.55. The second-order valence-corrected chi connectivity index (χ2v) is 21.4. The lowest BCUT2D eigenvalue weighted by Gasteiger charge is -2.16. The average molecular weight is 1220 g/mol. The van der Waals surface area contributed by atoms with Crippen molar-refractivity contribution in [3.05, 3.63) is 114 Å². The Bertz CT molecular complexity index is 4390. The first-order valence-corrected chi connectivity index (χ1v) is 28.2. The molecule has 9 N–H and O–H groups in total. The van der Waals surface area contributed by atoms with E-state index < -0.39 is 127 Å². The van der Waals surface area contributed by atoms with Crippen molar-refractivity contribution in [1.29, 1.82) is 0 Å². The van der Waals surface area contributed by atoms with E-state index in [0.29, 0.717) is 23.2 Å². The van der Waals surface area contributed by atoms with Crippen LogP contribution >= 0.6 is 23.2 Å². The number of nitrogens with one attached hydrogen (secondary N) is 4. The molecule has 0 fully saturated rings. The van der Waals surface area contributed by atoms with Crippen LogP contribution in [0.25, 0.3) is 21.5 Å². The van der Waals surface area contributed by atoms with Crippen LogP contribution in [0.5, 0.6) is 5.75 Å². The lowest BCUT2D eigenvalue weighted by molar-refractivity contribution is 0.479. The van der Waals surface area contributed by atoms with Crippen LogP contribution in [0, 0.1) is 0 Å². The topological polar surface area (TPSA) is 490 Å². The third-order valence-electron chi connectivity index (χ3n) is 9.35. The summed E-state index contributed by atoms with van der Waals surface area (Å²) >= 11 is 12.3. The zero-order valence-electron chi connectivity index (χ0n) is 37.0. The molecule has 77 heavy (non-hydrogen) atoms. The molecule has 0 saturated carbocycles. The van der Waals surface area contributed by atoms with E-state index in [0.717, 1.165) is 12.1 Å². The van der Waals surface area contributed by atoms with Gasteiger partial charge in [-0.2, -0.15) is 63.6 Å². The van der Waals surface area contributed by atoms with Gasteiger partial charge in [-0.25, -0.2) is 0 Å². The molecule has 0 saturated heterocycles. The van der Waals surface area contributed by atoms with Crippen LogP contribution in [-0.2, 0) is 61.7 Å². The molecule has 0 radical (unpaired) electrons. The Labute approximate surface area is 444 Å². The fraction of sp³-hybridized carbons (Fsp3) is 0. The van der Waals surface area contributed by atoms with Gasteiger partial charge in [0.25, 0.3) is 40.5 Å². The number of halogens is 2. The number of fused-ring (bicyclic) bond motifs is 2. The summed E-state index contributed by atoms with van der Waals surface area (Å²) in [5, 5.41) is 29.0. The molecule has 0 bridgehead atoms. The third kappa shape index (κ3) is 15.5. The molecule has 402 valence electrons. The Morgan fingerprint density at radius 1 is 0.455 bits per heavy atom. The van der Waals surface area contributed by atoms with E-state index in [-0.39, 0.29) is 39.2 Å². The molecule has 0 amide bonds. The van der Waals surface area contributed by atoms with Gasteiger partial charge in [0.1, 0.15) is 26.1 Å². The second-order valence-electron chi connectivity index (χ2n) is 14.4. The number of hydrogen-bond acceptors (Lipinski definition) is 27. The van der Waals surface area contributed by atoms with Crippen LogP contribution in [0.3, 0.4) is 0 Å². The van der Waals surface area contributed by atoms with E-state index in [9.17, 15) is 57.0 Å². The lowest BCUT2D eigenvalue weighted by Crippen LogP contribution is -2.12. The molecule has 8 aromatic rings. The Morgan fingerprint density at radius 2 is 0.883 bits per heavy atom. The smallest absolute Gasteiger partial charge is 0.425 e. The van der Waals surface area contributed by atoms with Gasteiger partial charge in [-0.3, -0.25) is 18.2 Å². The summed E-state index contributed by atoms with van der Waals surface area (Å²) in [6, 6.07) is 22.8. The summed E-state index contributed by atoms with van der Waals surface area (Å²) in [5.41, 5.74) is -1.98. The van der Waals surface area contributed by atoms with Crippen molar-refractivity contribution in [3.8, 4) is 5.75 Å². The number of rotatable bonds is 14. The maximum atomic E-state index is 12.8. The zero-order chi connectivity index (χ0) is 56.8. The molecule has 31 nitrogen and oxygen atoms in total. The number of phenolic OH excluding ortho intramolecular Hbond substituents is 1. The molecule has 0 aliphatic heterocycles. The second kappa shape index (κ2) is 23.4. The molecule has 0 unspecified atom stereocenters. The molecule has 0 atom stereocenters. The number of phenols is 1. The van der Waals surface area contributed by atoms with Crippen LogP contribution in [-0.4, -0.2) is 112 Å². The highest BCUT2D eigenvalue weighted by molar-refractivity contribution is 7.87. The molecule has 0 aliphatic rings. The number of nitrogens with zero attached hydrogens (tertiary/aromatic N) is 8. The van der Waals surface area contributed by atoms with E-state index in [4.69, 9.17) is 48.5 Å². The Kier molecular flexibility index (Phi) is 17.7. The van der Waals surface area contributed by atoms with Crippen LogP contribution in [0.2, 0.25) is 10.6 Å². The van der Waals surface area contributed by atoms with Gasteiger partial charge in [-0.05, 0) is 82.5 Å². The highest BCUT2D eigenvalue weighted by Crippen LogP contribution is 2.43. The number of aromatic nitrogens is 6. The summed E-state index contributed by atoms with van der Waals surface area (Å²) in [4.78, 5) is 20.3. The SMILES string of the molecule is O=S(=O)(O)c1cc(Nc2nc(Cl)nc(Nc3cc(S(=O)(=O)O)c(Nc4nc(Cl)nc(Nc5ccccc5)n4)cc3S(=O)(=O)O)n2)c2c(O)c(N=Nc3ccc4ccccc4c3S(=O)(=O)O)ccc2c1.O=S(=O)=O.O=S(=O)=O. The Balaban J connectivity index is 0.00000112. The van der Waals surface area contributed by atoms with E-state index in [1.54, 1.807) is 42.5 Å². The minimum Gasteiger partial charge on any atom is -0.505 e. The van der Waals surface area contributed by atoms with Crippen molar-refractivity contribution in [3.63, 3.8) is 0 Å². The quantitative estimate of drug-likeness (QED) is 0.0462. The monoisotopic (exact) mass is 1220 g/mol. The summed E-state index contributed by atoms with van der Waals surface area (Å²) in [6.07, 6.45) is 0. The normalized spacial score (nSPS) is 11.7. The first kappa shape index (κ1) is 58.2. The van der Waals surface area contributed by atoms with E-state index in [2.05, 4.69) is 61.4 Å². The predicted octanol–water partition coefficient (Wildman–Crippen LogP) is 5.74.